The fourth-order valence-corrected chi connectivity index (χ4v) is 2.50. The van der Waals surface area contributed by atoms with Crippen LogP contribution in [0.15, 0.2) is 12.3 Å². The van der Waals surface area contributed by atoms with E-state index in [4.69, 9.17) is 9.31 Å². The number of hydrogen-bond donors (Lipinski definition) is 0. The van der Waals surface area contributed by atoms with E-state index in [9.17, 15) is 0 Å². The van der Waals surface area contributed by atoms with Crippen LogP contribution >= 0.6 is 0 Å². The largest absolute Gasteiger partial charge is 0.495 e. The zero-order valence-corrected chi connectivity index (χ0v) is 12.5. The molecule has 0 radical (unpaired) electrons. The van der Waals surface area contributed by atoms with Gasteiger partial charge in [0.1, 0.15) is 0 Å². The molecule has 102 valence electrons. The molecule has 1 aromatic heterocycles. The van der Waals surface area contributed by atoms with Crippen LogP contribution in [-0.4, -0.2) is 23.3 Å². The van der Waals surface area contributed by atoms with Crippen LogP contribution in [0.1, 0.15) is 57.7 Å². The van der Waals surface area contributed by atoms with Crippen molar-refractivity contribution in [3.05, 3.63) is 23.5 Å². The molecule has 1 aromatic rings. The van der Waals surface area contributed by atoms with Gasteiger partial charge in [0.05, 0.1) is 11.2 Å². The van der Waals surface area contributed by atoms with E-state index in [1.165, 1.54) is 23.9 Å². The highest BCUT2D eigenvalue weighted by Crippen LogP contribution is 2.41. The van der Waals surface area contributed by atoms with Crippen LogP contribution in [0, 0.1) is 6.92 Å². The Morgan fingerprint density at radius 3 is 2.26 bits per heavy atom. The normalized spacial score (nSPS) is 24.8. The van der Waals surface area contributed by atoms with Crippen molar-refractivity contribution in [2.45, 2.75) is 64.6 Å². The summed E-state index contributed by atoms with van der Waals surface area (Å²) in [5, 5.41) is 0. The molecule has 0 bridgehead atoms. The van der Waals surface area contributed by atoms with E-state index >= 15 is 0 Å². The molecule has 1 aliphatic carbocycles. The Balaban J connectivity index is 1.97. The zero-order valence-electron chi connectivity index (χ0n) is 12.5. The van der Waals surface area contributed by atoms with Crippen molar-refractivity contribution >= 4 is 12.6 Å². The highest BCUT2D eigenvalue weighted by molar-refractivity contribution is 6.62. The minimum atomic E-state index is -0.282. The van der Waals surface area contributed by atoms with Crippen LogP contribution in [-0.2, 0) is 9.31 Å². The molecule has 4 heteroatoms. The van der Waals surface area contributed by atoms with Crippen molar-refractivity contribution < 1.29 is 9.31 Å². The SMILES string of the molecule is Cc1cc(B2OC(C)(C)C(C)(C)O2)c(C2CC2)cn1. The molecule has 0 aromatic carbocycles. The summed E-state index contributed by atoms with van der Waals surface area (Å²) in [5.74, 6) is 0.655. The van der Waals surface area contributed by atoms with E-state index in [-0.39, 0.29) is 18.3 Å². The molecule has 2 heterocycles. The molecule has 1 saturated carbocycles. The lowest BCUT2D eigenvalue weighted by Gasteiger charge is -2.32. The molecule has 0 spiro atoms. The highest BCUT2D eigenvalue weighted by atomic mass is 16.7. The molecule has 0 atom stereocenters. The van der Waals surface area contributed by atoms with Crippen LogP contribution in [0.2, 0.25) is 0 Å². The van der Waals surface area contributed by atoms with E-state index in [0.29, 0.717) is 5.92 Å². The van der Waals surface area contributed by atoms with Gasteiger partial charge < -0.3 is 9.31 Å². The summed E-state index contributed by atoms with van der Waals surface area (Å²) in [5.41, 5.74) is 2.94. The van der Waals surface area contributed by atoms with Crippen LogP contribution in [0.3, 0.4) is 0 Å². The molecule has 1 saturated heterocycles. The zero-order chi connectivity index (χ0) is 13.8. The van der Waals surface area contributed by atoms with Gasteiger partial charge in [-0.25, -0.2) is 0 Å². The van der Waals surface area contributed by atoms with Crippen molar-refractivity contribution in [1.82, 2.24) is 4.98 Å². The third-order valence-electron chi connectivity index (χ3n) is 4.63. The van der Waals surface area contributed by atoms with Gasteiger partial charge in [0, 0.05) is 11.9 Å². The first-order valence-electron chi connectivity index (χ1n) is 7.12. The van der Waals surface area contributed by atoms with Gasteiger partial charge in [-0.3, -0.25) is 4.98 Å². The van der Waals surface area contributed by atoms with E-state index in [1.54, 1.807) is 0 Å². The van der Waals surface area contributed by atoms with Crippen LogP contribution in [0.4, 0.5) is 0 Å². The molecule has 3 rings (SSSR count). The second-order valence-electron chi connectivity index (χ2n) is 6.82. The molecule has 0 unspecified atom stereocenters. The molecular formula is C15H22BNO2. The number of rotatable bonds is 2. The van der Waals surface area contributed by atoms with E-state index in [1.807, 2.05) is 13.1 Å². The number of hydrogen-bond acceptors (Lipinski definition) is 3. The molecule has 0 amide bonds. The first-order chi connectivity index (χ1) is 8.80. The standard InChI is InChI=1S/C15H22BNO2/c1-10-8-13(12(9-17-10)11-6-7-11)16-18-14(2,3)15(4,5)19-16/h8-9,11H,6-7H2,1-5H3. The summed E-state index contributed by atoms with van der Waals surface area (Å²) >= 11 is 0. The number of aryl methyl sites for hydroxylation is 1. The van der Waals surface area contributed by atoms with Gasteiger partial charge in [0.15, 0.2) is 0 Å². The van der Waals surface area contributed by atoms with Gasteiger partial charge in [-0.15, -0.1) is 0 Å². The molecular weight excluding hydrogens is 237 g/mol. The van der Waals surface area contributed by atoms with Gasteiger partial charge >= 0.3 is 7.12 Å². The maximum Gasteiger partial charge on any atom is 0.495 e. The van der Waals surface area contributed by atoms with Crippen LogP contribution < -0.4 is 5.46 Å². The number of pyridine rings is 1. The van der Waals surface area contributed by atoms with Crippen molar-refractivity contribution in [3.8, 4) is 0 Å². The Kier molecular flexibility index (Phi) is 2.81. The van der Waals surface area contributed by atoms with Crippen molar-refractivity contribution in [2.75, 3.05) is 0 Å². The average molecular weight is 259 g/mol. The van der Waals surface area contributed by atoms with Crippen LogP contribution in [0.25, 0.3) is 0 Å². The molecule has 0 N–H and O–H groups in total. The highest BCUT2D eigenvalue weighted by Gasteiger charge is 2.52. The van der Waals surface area contributed by atoms with Crippen LogP contribution in [0.5, 0.6) is 0 Å². The summed E-state index contributed by atoms with van der Waals surface area (Å²) in [4.78, 5) is 4.43. The third-order valence-corrected chi connectivity index (χ3v) is 4.63. The lowest BCUT2D eigenvalue weighted by molar-refractivity contribution is 0.00578. The quantitative estimate of drug-likeness (QED) is 0.765. The Bertz CT molecular complexity index is 493. The Morgan fingerprint density at radius 1 is 1.16 bits per heavy atom. The summed E-state index contributed by atoms with van der Waals surface area (Å²) in [6, 6.07) is 2.12. The minimum Gasteiger partial charge on any atom is -0.399 e. The molecule has 19 heavy (non-hydrogen) atoms. The molecule has 2 fully saturated rings. The second-order valence-corrected chi connectivity index (χ2v) is 6.82. The van der Waals surface area contributed by atoms with Gasteiger partial charge in [-0.05, 0) is 70.5 Å². The van der Waals surface area contributed by atoms with E-state index in [2.05, 4.69) is 38.7 Å². The van der Waals surface area contributed by atoms with Gasteiger partial charge in [-0.1, -0.05) is 0 Å². The number of nitrogens with zero attached hydrogens (tertiary/aromatic N) is 1. The summed E-state index contributed by atoms with van der Waals surface area (Å²) in [6.45, 7) is 10.4. The van der Waals surface area contributed by atoms with Crippen molar-refractivity contribution in [1.29, 1.82) is 0 Å². The fraction of sp³-hybridized carbons (Fsp3) is 0.667. The maximum absolute atomic E-state index is 6.17. The first-order valence-corrected chi connectivity index (χ1v) is 7.12. The summed E-state index contributed by atoms with van der Waals surface area (Å²) < 4.78 is 12.3. The minimum absolute atomic E-state index is 0.262. The Morgan fingerprint density at radius 2 is 1.74 bits per heavy atom. The van der Waals surface area contributed by atoms with Gasteiger partial charge in [0.2, 0.25) is 0 Å². The van der Waals surface area contributed by atoms with E-state index in [0.717, 1.165) is 5.69 Å². The lowest BCUT2D eigenvalue weighted by Crippen LogP contribution is -2.41. The Hall–Kier alpha value is -0.865. The average Bonchev–Trinajstić information content (AvgIpc) is 3.07. The molecule has 2 aliphatic rings. The molecule has 3 nitrogen and oxygen atoms in total. The molecule has 1 aliphatic heterocycles. The van der Waals surface area contributed by atoms with Gasteiger partial charge in [-0.2, -0.15) is 0 Å². The predicted molar refractivity (Wildman–Crippen MR) is 76.7 cm³/mol. The topological polar surface area (TPSA) is 31.4 Å². The fourth-order valence-electron chi connectivity index (χ4n) is 2.50. The number of aromatic nitrogens is 1. The van der Waals surface area contributed by atoms with Crippen molar-refractivity contribution in [3.63, 3.8) is 0 Å². The van der Waals surface area contributed by atoms with E-state index < -0.39 is 0 Å². The first kappa shape index (κ1) is 13.1. The lowest BCUT2D eigenvalue weighted by atomic mass is 9.75. The third kappa shape index (κ3) is 2.21. The van der Waals surface area contributed by atoms with Crippen molar-refractivity contribution in [2.24, 2.45) is 0 Å². The predicted octanol–water partition coefficient (Wildman–Crippen LogP) is 2.57. The maximum atomic E-state index is 6.17. The Labute approximate surface area is 115 Å². The van der Waals surface area contributed by atoms with Gasteiger partial charge in [0.25, 0.3) is 0 Å². The summed E-state index contributed by atoms with van der Waals surface area (Å²) in [7, 11) is -0.262. The summed E-state index contributed by atoms with van der Waals surface area (Å²) in [6.07, 6.45) is 4.53. The smallest absolute Gasteiger partial charge is 0.399 e. The second kappa shape index (κ2) is 4.06. The monoisotopic (exact) mass is 259 g/mol.